The molecule has 0 unspecified atom stereocenters. The molecular weight excluding hydrogens is 568 g/mol. The van der Waals surface area contributed by atoms with Crippen molar-refractivity contribution in [3.8, 4) is 16.2 Å². The van der Waals surface area contributed by atoms with Crippen LogP contribution in [0.5, 0.6) is 5.75 Å². The molecule has 222 valence electrons. The van der Waals surface area contributed by atoms with E-state index in [-0.39, 0.29) is 17.7 Å². The molecule has 0 bridgehead atoms. The fraction of sp³-hybridized carbons (Fsp3) is 0.500. The summed E-state index contributed by atoms with van der Waals surface area (Å²) in [7, 11) is 1.63. The number of aliphatic carboxylic acids is 1. The minimum atomic E-state index is -0.740. The van der Waals surface area contributed by atoms with Crippen LogP contribution in [-0.4, -0.2) is 35.6 Å². The van der Waals surface area contributed by atoms with Gasteiger partial charge in [-0.05, 0) is 111 Å². The number of carboxylic acids is 1. The molecule has 1 N–H and O–H groups in total. The summed E-state index contributed by atoms with van der Waals surface area (Å²) < 4.78 is 5.33. The average Bonchev–Trinajstić information content (AvgIpc) is 3.75. The summed E-state index contributed by atoms with van der Waals surface area (Å²) in [5, 5.41) is 11.3. The molecule has 3 aliphatic rings. The maximum atomic E-state index is 14.1. The Labute approximate surface area is 257 Å². The topological polar surface area (TPSA) is 79.7 Å². The van der Waals surface area contributed by atoms with Gasteiger partial charge in [0.2, 0.25) is 5.91 Å². The number of anilines is 1. The number of carbonyl (C=O) groups excluding carboxylic acids is 1. The number of benzene rings is 2. The fourth-order valence-corrected chi connectivity index (χ4v) is 8.12. The second-order valence-electron chi connectivity index (χ2n) is 12.3. The van der Waals surface area contributed by atoms with Gasteiger partial charge in [0.1, 0.15) is 5.75 Å². The Morgan fingerprint density at radius 3 is 2.33 bits per heavy atom. The van der Waals surface area contributed by atoms with E-state index in [1.54, 1.807) is 18.4 Å². The van der Waals surface area contributed by atoms with Gasteiger partial charge in [0, 0.05) is 30.3 Å². The molecule has 0 saturated heterocycles. The van der Waals surface area contributed by atoms with Crippen molar-refractivity contribution in [1.29, 1.82) is 0 Å². The van der Waals surface area contributed by atoms with Crippen LogP contribution in [0.25, 0.3) is 10.4 Å². The predicted molar refractivity (Wildman–Crippen MR) is 168 cm³/mol. The fourth-order valence-electron chi connectivity index (χ4n) is 6.77. The monoisotopic (exact) mass is 606 g/mol. The number of thiazole rings is 1. The largest absolute Gasteiger partial charge is 0.495 e. The second-order valence-corrected chi connectivity index (χ2v) is 13.8. The van der Waals surface area contributed by atoms with E-state index in [2.05, 4.69) is 29.2 Å². The third-order valence-corrected chi connectivity index (χ3v) is 11.0. The minimum absolute atomic E-state index is 0.132. The van der Waals surface area contributed by atoms with Gasteiger partial charge in [0.15, 0.2) is 0 Å². The molecule has 0 aliphatic heterocycles. The normalized spacial score (nSPS) is 24.2. The number of hydrogen-bond acceptors (Lipinski definition) is 5. The lowest BCUT2D eigenvalue weighted by molar-refractivity contribution is -0.144. The van der Waals surface area contributed by atoms with E-state index in [0.717, 1.165) is 41.8 Å². The molecule has 6 nitrogen and oxygen atoms in total. The average molecular weight is 607 g/mol. The number of rotatable bonds is 9. The molecule has 3 aromatic rings. The zero-order valence-corrected chi connectivity index (χ0v) is 25.7. The van der Waals surface area contributed by atoms with Crippen molar-refractivity contribution >= 4 is 40.5 Å². The third kappa shape index (κ3) is 6.52. The highest BCUT2D eigenvalue weighted by molar-refractivity contribution is 7.15. The van der Waals surface area contributed by atoms with Crippen molar-refractivity contribution < 1.29 is 19.4 Å². The summed E-state index contributed by atoms with van der Waals surface area (Å²) in [4.78, 5) is 33.5. The van der Waals surface area contributed by atoms with Crippen LogP contribution in [0.3, 0.4) is 0 Å². The number of carboxylic acid groups (broad SMARTS) is 1. The molecule has 6 rings (SSSR count). The molecule has 3 aliphatic carbocycles. The van der Waals surface area contributed by atoms with E-state index in [1.807, 2.05) is 29.3 Å². The molecule has 1 amide bonds. The van der Waals surface area contributed by atoms with Gasteiger partial charge < -0.3 is 14.7 Å². The Kier molecular flexibility index (Phi) is 8.87. The lowest BCUT2D eigenvalue weighted by Crippen LogP contribution is -2.41. The summed E-state index contributed by atoms with van der Waals surface area (Å²) in [5.41, 5.74) is 3.29. The molecule has 0 atom stereocenters. The Balaban J connectivity index is 1.19. The Morgan fingerprint density at radius 2 is 1.67 bits per heavy atom. The van der Waals surface area contributed by atoms with E-state index >= 15 is 0 Å². The first-order valence-electron chi connectivity index (χ1n) is 15.3. The molecule has 42 heavy (non-hydrogen) atoms. The van der Waals surface area contributed by atoms with E-state index in [1.165, 1.54) is 23.4 Å². The first-order valence-corrected chi connectivity index (χ1v) is 16.5. The van der Waals surface area contributed by atoms with Crippen LogP contribution >= 0.6 is 22.9 Å². The maximum Gasteiger partial charge on any atom is 0.306 e. The third-order valence-electron chi connectivity index (χ3n) is 9.52. The Bertz CT molecular complexity index is 1420. The van der Waals surface area contributed by atoms with Gasteiger partial charge in [0.05, 0.1) is 27.9 Å². The van der Waals surface area contributed by atoms with Gasteiger partial charge in [-0.3, -0.25) is 9.59 Å². The number of ether oxygens (including phenoxy) is 1. The van der Waals surface area contributed by atoms with Crippen molar-refractivity contribution in [2.24, 2.45) is 17.8 Å². The standard InChI is InChI=1S/C34H39ClN2O4S/c1-41-30-16-15-26(18-29(30)35)22-7-5-21(6-8-22)20-37(33(38)24-11-13-25(14-12-24)34(39)40)28-4-2-3-27(17-28)31-19-36-32(42-31)23-9-10-23/h2-4,15-19,21-25H,5-14,20H2,1H3,(H,39,40)/t21-,22-,24-,25-. The predicted octanol–water partition coefficient (Wildman–Crippen LogP) is 8.55. The smallest absolute Gasteiger partial charge is 0.306 e. The van der Waals surface area contributed by atoms with Crippen molar-refractivity contribution in [2.75, 3.05) is 18.6 Å². The van der Waals surface area contributed by atoms with Crippen LogP contribution in [0.2, 0.25) is 5.02 Å². The lowest BCUT2D eigenvalue weighted by Gasteiger charge is -2.36. The van der Waals surface area contributed by atoms with E-state index in [9.17, 15) is 14.7 Å². The van der Waals surface area contributed by atoms with Gasteiger partial charge in [-0.15, -0.1) is 11.3 Å². The first kappa shape index (κ1) is 29.2. The maximum absolute atomic E-state index is 14.1. The van der Waals surface area contributed by atoms with Gasteiger partial charge in [-0.25, -0.2) is 4.98 Å². The van der Waals surface area contributed by atoms with Crippen molar-refractivity contribution in [2.45, 2.75) is 76.0 Å². The molecule has 8 heteroatoms. The number of hydrogen-bond donors (Lipinski definition) is 1. The van der Waals surface area contributed by atoms with Crippen LogP contribution in [0.15, 0.2) is 48.7 Å². The van der Waals surface area contributed by atoms with Crippen LogP contribution in [0, 0.1) is 17.8 Å². The van der Waals surface area contributed by atoms with Gasteiger partial charge in [0.25, 0.3) is 0 Å². The highest BCUT2D eigenvalue weighted by Gasteiger charge is 2.34. The van der Waals surface area contributed by atoms with Crippen molar-refractivity contribution in [3.05, 3.63) is 64.3 Å². The van der Waals surface area contributed by atoms with Crippen LogP contribution in [-0.2, 0) is 9.59 Å². The van der Waals surface area contributed by atoms with Crippen molar-refractivity contribution in [1.82, 2.24) is 4.98 Å². The Morgan fingerprint density at radius 1 is 0.952 bits per heavy atom. The number of amides is 1. The minimum Gasteiger partial charge on any atom is -0.495 e. The van der Waals surface area contributed by atoms with Gasteiger partial charge in [-0.2, -0.15) is 0 Å². The summed E-state index contributed by atoms with van der Waals surface area (Å²) in [6.45, 7) is 0.688. The van der Waals surface area contributed by atoms with Crippen LogP contribution < -0.4 is 9.64 Å². The van der Waals surface area contributed by atoms with E-state index < -0.39 is 5.97 Å². The number of carbonyl (C=O) groups is 2. The van der Waals surface area contributed by atoms with Crippen LogP contribution in [0.1, 0.15) is 86.6 Å². The molecule has 1 heterocycles. The zero-order valence-electron chi connectivity index (χ0n) is 24.1. The molecule has 0 radical (unpaired) electrons. The highest BCUT2D eigenvalue weighted by atomic mass is 35.5. The molecule has 1 aromatic heterocycles. The molecule has 0 spiro atoms. The molecule has 3 saturated carbocycles. The summed E-state index contributed by atoms with van der Waals surface area (Å²) in [6, 6.07) is 14.5. The zero-order chi connectivity index (χ0) is 29.2. The molecule has 3 fully saturated rings. The summed E-state index contributed by atoms with van der Waals surface area (Å²) in [5.74, 6) is 1.11. The van der Waals surface area contributed by atoms with Crippen molar-refractivity contribution in [3.63, 3.8) is 0 Å². The van der Waals surface area contributed by atoms with E-state index in [4.69, 9.17) is 16.3 Å². The second kappa shape index (κ2) is 12.8. The SMILES string of the molecule is COc1ccc([C@H]2CC[C@H](CN(c3cccc(-c4cnc(C5CC5)s4)c3)C(=O)[C@H]3CC[C@H](C(=O)O)CC3)CC2)cc1Cl. The first-order chi connectivity index (χ1) is 20.4. The number of halogens is 1. The number of methoxy groups -OCH3 is 1. The van der Waals surface area contributed by atoms with Gasteiger partial charge in [-0.1, -0.05) is 29.8 Å². The summed E-state index contributed by atoms with van der Waals surface area (Å²) >= 11 is 8.19. The number of aromatic nitrogens is 1. The number of nitrogens with zero attached hydrogens (tertiary/aromatic N) is 2. The molecular formula is C34H39ClN2O4S. The lowest BCUT2D eigenvalue weighted by atomic mass is 9.78. The quantitative estimate of drug-likeness (QED) is 0.264. The summed E-state index contributed by atoms with van der Waals surface area (Å²) in [6.07, 6.45) is 11.1. The highest BCUT2D eigenvalue weighted by Crippen LogP contribution is 2.44. The van der Waals surface area contributed by atoms with Crippen LogP contribution in [0.4, 0.5) is 5.69 Å². The molecule has 2 aromatic carbocycles. The van der Waals surface area contributed by atoms with Gasteiger partial charge >= 0.3 is 5.97 Å². The van der Waals surface area contributed by atoms with E-state index in [0.29, 0.717) is 60.8 Å². The Hall–Kier alpha value is -2.90.